The van der Waals surface area contributed by atoms with Gasteiger partial charge < -0.3 is 9.64 Å². The Bertz CT molecular complexity index is 1130. The fraction of sp³-hybridized carbons (Fsp3) is 0.370. The van der Waals surface area contributed by atoms with E-state index in [9.17, 15) is 0 Å². The molecule has 156 valence electrons. The van der Waals surface area contributed by atoms with Crippen LogP contribution in [0.15, 0.2) is 42.5 Å². The summed E-state index contributed by atoms with van der Waals surface area (Å²) in [5.74, 6) is 0.938. The molecule has 1 aliphatic rings. The monoisotopic (exact) mass is 402 g/mol. The molecule has 3 nitrogen and oxygen atoms in total. The van der Waals surface area contributed by atoms with E-state index < -0.39 is 6.50 Å². The van der Waals surface area contributed by atoms with E-state index in [4.69, 9.17) is 12.5 Å². The summed E-state index contributed by atoms with van der Waals surface area (Å²) in [6.45, 7) is 9.38. The first-order valence-corrected chi connectivity index (χ1v) is 10.7. The Labute approximate surface area is 183 Å². The Morgan fingerprint density at radius 1 is 1.03 bits per heavy atom. The molecular weight excluding hydrogens is 368 g/mol. The molecule has 0 amide bonds. The molecule has 1 aromatic heterocycles. The quantitative estimate of drug-likeness (QED) is 0.507. The Kier molecular flexibility index (Phi) is 4.88. The Balaban J connectivity index is 1.86. The Morgan fingerprint density at radius 2 is 1.77 bits per heavy atom. The van der Waals surface area contributed by atoms with Crippen molar-refractivity contribution in [3.8, 4) is 17.0 Å². The van der Waals surface area contributed by atoms with E-state index in [1.807, 2.05) is 24.0 Å². The van der Waals surface area contributed by atoms with Gasteiger partial charge in [-0.3, -0.25) is 4.98 Å². The van der Waals surface area contributed by atoms with Crippen molar-refractivity contribution in [2.45, 2.75) is 53.5 Å². The molecule has 0 atom stereocenters. The number of methoxy groups -OCH3 is 1. The first-order chi connectivity index (χ1) is 15.1. The number of hydrogen-bond acceptors (Lipinski definition) is 3. The SMILES string of the molecule is [2H]C1([2H])c2c(OC)cc(-c3c(C)cccc3C)nc2CCN1c1cc(C(C)C)ccc1C. The molecule has 1 aliphatic heterocycles. The molecule has 0 radical (unpaired) electrons. The van der Waals surface area contributed by atoms with Crippen LogP contribution in [0.1, 0.15) is 56.0 Å². The molecular formula is C27H32N2O. The van der Waals surface area contributed by atoms with E-state index >= 15 is 0 Å². The van der Waals surface area contributed by atoms with Gasteiger partial charge in [-0.05, 0) is 55.0 Å². The number of nitrogens with zero attached hydrogens (tertiary/aromatic N) is 2. The summed E-state index contributed by atoms with van der Waals surface area (Å²) in [5.41, 5.74) is 8.78. The minimum atomic E-state index is -1.73. The molecule has 0 bridgehead atoms. The molecule has 0 aliphatic carbocycles. The van der Waals surface area contributed by atoms with E-state index in [0.717, 1.165) is 39.3 Å². The molecule has 2 aromatic carbocycles. The largest absolute Gasteiger partial charge is 0.496 e. The molecule has 4 rings (SSSR count). The minimum absolute atomic E-state index is 0.383. The second kappa shape index (κ2) is 8.14. The van der Waals surface area contributed by atoms with Crippen molar-refractivity contribution >= 4 is 5.69 Å². The van der Waals surface area contributed by atoms with Crippen LogP contribution in [0, 0.1) is 20.8 Å². The normalized spacial score (nSPS) is 16.2. The third kappa shape index (κ3) is 3.69. The van der Waals surface area contributed by atoms with Gasteiger partial charge in [0.15, 0.2) is 0 Å². The zero-order valence-corrected chi connectivity index (χ0v) is 18.8. The molecule has 2 heterocycles. The van der Waals surface area contributed by atoms with Crippen molar-refractivity contribution in [1.82, 2.24) is 4.98 Å². The third-order valence-electron chi connectivity index (χ3n) is 6.03. The first kappa shape index (κ1) is 18.0. The van der Waals surface area contributed by atoms with Crippen LogP contribution in [0.5, 0.6) is 5.75 Å². The van der Waals surface area contributed by atoms with Gasteiger partial charge in [-0.2, -0.15) is 0 Å². The van der Waals surface area contributed by atoms with Crippen LogP contribution in [-0.2, 0) is 12.9 Å². The summed E-state index contributed by atoms with van der Waals surface area (Å²) in [6.07, 6.45) is 0.662. The van der Waals surface area contributed by atoms with E-state index in [1.54, 1.807) is 7.11 Å². The maximum absolute atomic E-state index is 9.15. The standard InChI is InChI=1S/C27H32N2O/c1-17(2)21-11-10-18(3)25(14-21)29-13-12-23-22(16-29)26(30-6)15-24(28-23)27-19(4)8-7-9-20(27)5/h7-11,14-15,17H,12-13,16H2,1-6H3/i16D2. The number of hydrogen-bond donors (Lipinski definition) is 0. The summed E-state index contributed by atoms with van der Waals surface area (Å²) < 4.78 is 24.1. The number of aromatic nitrogens is 1. The zero-order chi connectivity index (χ0) is 23.2. The van der Waals surface area contributed by atoms with Gasteiger partial charge in [0.1, 0.15) is 5.75 Å². The number of rotatable bonds is 4. The van der Waals surface area contributed by atoms with Crippen LogP contribution in [0.4, 0.5) is 5.69 Å². The van der Waals surface area contributed by atoms with E-state index in [-0.39, 0.29) is 0 Å². The average Bonchev–Trinajstić information content (AvgIpc) is 2.73. The first-order valence-electron chi connectivity index (χ1n) is 11.7. The lowest BCUT2D eigenvalue weighted by atomic mass is 9.95. The van der Waals surface area contributed by atoms with Crippen LogP contribution >= 0.6 is 0 Å². The highest BCUT2D eigenvalue weighted by Crippen LogP contribution is 2.36. The van der Waals surface area contributed by atoms with E-state index in [0.29, 0.717) is 30.2 Å². The molecule has 0 unspecified atom stereocenters. The second-order valence-corrected chi connectivity index (χ2v) is 8.51. The minimum Gasteiger partial charge on any atom is -0.496 e. The van der Waals surface area contributed by atoms with Gasteiger partial charge in [0, 0.05) is 42.3 Å². The molecule has 3 heteroatoms. The van der Waals surface area contributed by atoms with Gasteiger partial charge in [-0.25, -0.2) is 0 Å². The van der Waals surface area contributed by atoms with Crippen LogP contribution in [0.2, 0.25) is 0 Å². The highest BCUT2D eigenvalue weighted by Gasteiger charge is 2.24. The highest BCUT2D eigenvalue weighted by molar-refractivity contribution is 5.70. The van der Waals surface area contributed by atoms with Crippen molar-refractivity contribution < 1.29 is 7.48 Å². The Hall–Kier alpha value is -2.81. The summed E-state index contributed by atoms with van der Waals surface area (Å²) in [7, 11) is 1.61. The van der Waals surface area contributed by atoms with Crippen molar-refractivity contribution in [3.05, 3.63) is 76.0 Å². The summed E-state index contributed by atoms with van der Waals surface area (Å²) in [5, 5.41) is 0. The third-order valence-corrected chi connectivity index (χ3v) is 6.03. The summed E-state index contributed by atoms with van der Waals surface area (Å²) >= 11 is 0. The predicted molar refractivity (Wildman–Crippen MR) is 126 cm³/mol. The van der Waals surface area contributed by atoms with E-state index in [2.05, 4.69) is 58.0 Å². The van der Waals surface area contributed by atoms with Crippen LogP contribution in [0.25, 0.3) is 11.3 Å². The lowest BCUT2D eigenvalue weighted by molar-refractivity contribution is 0.406. The maximum Gasteiger partial charge on any atom is 0.127 e. The predicted octanol–water partition coefficient (Wildman–Crippen LogP) is 6.37. The van der Waals surface area contributed by atoms with Crippen molar-refractivity contribution in [2.24, 2.45) is 0 Å². The fourth-order valence-corrected chi connectivity index (χ4v) is 4.25. The molecule has 0 fully saturated rings. The number of aryl methyl sites for hydroxylation is 3. The lowest BCUT2D eigenvalue weighted by Crippen LogP contribution is -2.32. The number of fused-ring (bicyclic) bond motifs is 1. The van der Waals surface area contributed by atoms with Crippen molar-refractivity contribution in [2.75, 3.05) is 18.6 Å². The number of benzene rings is 2. The van der Waals surface area contributed by atoms with E-state index in [1.165, 1.54) is 5.56 Å². The molecule has 30 heavy (non-hydrogen) atoms. The van der Waals surface area contributed by atoms with Crippen LogP contribution < -0.4 is 9.64 Å². The van der Waals surface area contributed by atoms with Gasteiger partial charge in [0.05, 0.1) is 21.2 Å². The van der Waals surface area contributed by atoms with Gasteiger partial charge >= 0.3 is 0 Å². The smallest absolute Gasteiger partial charge is 0.127 e. The molecule has 0 saturated carbocycles. The lowest BCUT2D eigenvalue weighted by Gasteiger charge is -2.33. The van der Waals surface area contributed by atoms with Crippen molar-refractivity contribution in [1.29, 1.82) is 0 Å². The highest BCUT2D eigenvalue weighted by atomic mass is 16.5. The Morgan fingerprint density at radius 3 is 2.43 bits per heavy atom. The fourth-order valence-electron chi connectivity index (χ4n) is 4.25. The topological polar surface area (TPSA) is 25.4 Å². The number of pyridine rings is 1. The molecule has 0 N–H and O–H groups in total. The molecule has 3 aromatic rings. The van der Waals surface area contributed by atoms with Gasteiger partial charge in [-0.1, -0.05) is 44.2 Å². The van der Waals surface area contributed by atoms with Gasteiger partial charge in [0.2, 0.25) is 0 Å². The van der Waals surface area contributed by atoms with Crippen molar-refractivity contribution in [3.63, 3.8) is 0 Å². The number of anilines is 1. The maximum atomic E-state index is 9.15. The summed E-state index contributed by atoms with van der Waals surface area (Å²) in [6, 6.07) is 14.5. The molecule has 0 spiro atoms. The zero-order valence-electron chi connectivity index (χ0n) is 20.8. The molecule has 0 saturated heterocycles. The average molecular weight is 403 g/mol. The van der Waals surface area contributed by atoms with Gasteiger partial charge in [0.25, 0.3) is 0 Å². The van der Waals surface area contributed by atoms with Gasteiger partial charge in [-0.15, -0.1) is 0 Å². The van der Waals surface area contributed by atoms with Crippen LogP contribution in [-0.4, -0.2) is 18.6 Å². The number of ether oxygens (including phenoxy) is 1. The second-order valence-electron chi connectivity index (χ2n) is 8.51. The summed E-state index contributed by atoms with van der Waals surface area (Å²) in [4.78, 5) is 6.83. The van der Waals surface area contributed by atoms with Crippen LogP contribution in [0.3, 0.4) is 0 Å².